The molecule has 0 amide bonds. The highest BCUT2D eigenvalue weighted by atomic mass is 35.7. The van der Waals surface area contributed by atoms with Gasteiger partial charge in [-0.3, -0.25) is 0 Å². The van der Waals surface area contributed by atoms with Crippen LogP contribution in [0.15, 0.2) is 86.0 Å². The monoisotopic (exact) mass is 397 g/mol. The third kappa shape index (κ3) is 6.84. The molecule has 0 bridgehead atoms. The first-order chi connectivity index (χ1) is 12.6. The van der Waals surface area contributed by atoms with Crippen molar-refractivity contribution in [3.05, 3.63) is 108 Å². The minimum absolute atomic E-state index is 0.100. The summed E-state index contributed by atoms with van der Waals surface area (Å²) < 4.78 is 0. The maximum Gasteiger partial charge on any atom is 0.284 e. The van der Waals surface area contributed by atoms with E-state index in [1.54, 1.807) is 0 Å². The molecule has 0 atom stereocenters. The van der Waals surface area contributed by atoms with Crippen LogP contribution in [0.5, 0.6) is 0 Å². The summed E-state index contributed by atoms with van der Waals surface area (Å²) >= 11 is 12.5. The average Bonchev–Trinajstić information content (AvgIpc) is 2.67. The summed E-state index contributed by atoms with van der Waals surface area (Å²) in [7, 11) is -1.46. The van der Waals surface area contributed by atoms with Crippen LogP contribution in [-0.4, -0.2) is 7.42 Å². The van der Waals surface area contributed by atoms with Crippen LogP contribution in [0, 0.1) is 0 Å². The molecule has 0 aliphatic rings. The molecule has 2 aromatic rings. The minimum Gasteiger partial charge on any atom is -0.146 e. The van der Waals surface area contributed by atoms with Crippen molar-refractivity contribution in [2.24, 2.45) is 0 Å². The van der Waals surface area contributed by atoms with Gasteiger partial charge in [0, 0.05) is 5.54 Å². The third-order valence-electron chi connectivity index (χ3n) is 4.08. The second kappa shape index (κ2) is 11.0. The van der Waals surface area contributed by atoms with Crippen molar-refractivity contribution < 1.29 is 0 Å². The van der Waals surface area contributed by atoms with Gasteiger partial charge in [-0.1, -0.05) is 98.1 Å². The Kier molecular flexibility index (Phi) is 8.70. The van der Waals surface area contributed by atoms with Crippen LogP contribution in [0.4, 0.5) is 0 Å². The number of benzene rings is 2. The van der Waals surface area contributed by atoms with E-state index in [-0.39, 0.29) is 5.54 Å². The SMILES string of the molecule is C=Cc1ccc(CC=CC(C=CCc2ccc(C=C)cc2)[Si](Cl)Cl)cc1. The molecule has 0 aromatic heterocycles. The molecule has 0 aliphatic carbocycles. The Bertz CT molecular complexity index is 692. The van der Waals surface area contributed by atoms with Gasteiger partial charge < -0.3 is 0 Å². The van der Waals surface area contributed by atoms with E-state index in [4.69, 9.17) is 22.2 Å². The van der Waals surface area contributed by atoms with Crippen molar-refractivity contribution >= 4 is 41.7 Å². The summed E-state index contributed by atoms with van der Waals surface area (Å²) in [6.07, 6.45) is 14.0. The highest BCUT2D eigenvalue weighted by Gasteiger charge is 2.13. The van der Waals surface area contributed by atoms with E-state index < -0.39 is 7.42 Å². The summed E-state index contributed by atoms with van der Waals surface area (Å²) in [4.78, 5) is 0. The van der Waals surface area contributed by atoms with Gasteiger partial charge in [0.05, 0.1) is 0 Å². The molecule has 0 aliphatic heterocycles. The number of halogens is 2. The van der Waals surface area contributed by atoms with Crippen LogP contribution in [0.1, 0.15) is 22.3 Å². The van der Waals surface area contributed by atoms with E-state index in [9.17, 15) is 0 Å². The second-order valence-electron chi connectivity index (χ2n) is 5.97. The Labute approximate surface area is 168 Å². The van der Waals surface area contributed by atoms with Gasteiger partial charge in [0.2, 0.25) is 0 Å². The zero-order valence-corrected chi connectivity index (χ0v) is 17.3. The lowest BCUT2D eigenvalue weighted by molar-refractivity contribution is 1.20. The lowest BCUT2D eigenvalue weighted by Gasteiger charge is -2.06. The van der Waals surface area contributed by atoms with Crippen LogP contribution in [0.25, 0.3) is 12.2 Å². The molecule has 3 heteroatoms. The molecule has 0 fully saturated rings. The summed E-state index contributed by atoms with van der Waals surface area (Å²) in [6.45, 7) is 7.54. The van der Waals surface area contributed by atoms with Crippen molar-refractivity contribution in [2.75, 3.05) is 0 Å². The Morgan fingerprint density at radius 3 is 1.42 bits per heavy atom. The van der Waals surface area contributed by atoms with E-state index in [2.05, 4.69) is 86.0 Å². The molecule has 0 N–H and O–H groups in total. The van der Waals surface area contributed by atoms with Crippen LogP contribution < -0.4 is 0 Å². The van der Waals surface area contributed by atoms with Crippen LogP contribution in [0.2, 0.25) is 5.54 Å². The van der Waals surface area contributed by atoms with Crippen molar-refractivity contribution in [3.63, 3.8) is 0 Å². The fourth-order valence-corrected chi connectivity index (χ4v) is 3.93. The molecule has 2 aromatic carbocycles. The smallest absolute Gasteiger partial charge is 0.146 e. The normalized spacial score (nSPS) is 12.7. The fraction of sp³-hybridized carbons (Fsp3) is 0.130. The van der Waals surface area contributed by atoms with Crippen LogP contribution in [-0.2, 0) is 12.8 Å². The van der Waals surface area contributed by atoms with Gasteiger partial charge in [-0.25, -0.2) is 0 Å². The molecule has 26 heavy (non-hydrogen) atoms. The lowest BCUT2D eigenvalue weighted by Crippen LogP contribution is -2.01. The molecule has 0 unspecified atom stereocenters. The quantitative estimate of drug-likeness (QED) is 0.238. The van der Waals surface area contributed by atoms with Gasteiger partial charge in [-0.15, -0.1) is 22.2 Å². The molecule has 133 valence electrons. The van der Waals surface area contributed by atoms with E-state index in [0.29, 0.717) is 0 Å². The van der Waals surface area contributed by atoms with Gasteiger partial charge in [-0.2, -0.15) is 0 Å². The Balaban J connectivity index is 1.91. The largest absolute Gasteiger partial charge is 0.284 e. The van der Waals surface area contributed by atoms with E-state index in [0.717, 1.165) is 24.0 Å². The van der Waals surface area contributed by atoms with Gasteiger partial charge in [-0.05, 0) is 35.1 Å². The second-order valence-corrected chi connectivity index (χ2v) is 10.2. The molecule has 0 nitrogen and oxygen atoms in total. The van der Waals surface area contributed by atoms with Gasteiger partial charge in [0.25, 0.3) is 7.42 Å². The molecule has 0 heterocycles. The van der Waals surface area contributed by atoms with Crippen molar-refractivity contribution in [1.82, 2.24) is 0 Å². The first-order valence-electron chi connectivity index (χ1n) is 8.56. The predicted octanol–water partition coefficient (Wildman–Crippen LogP) is 7.21. The maximum atomic E-state index is 6.23. The summed E-state index contributed by atoms with van der Waals surface area (Å²) in [5, 5.41) is 0. The van der Waals surface area contributed by atoms with E-state index >= 15 is 0 Å². The molecule has 2 rings (SSSR count). The number of allylic oxidation sites excluding steroid dienone is 4. The molecular formula is C23H23Cl2Si. The maximum absolute atomic E-state index is 6.23. The molecule has 0 saturated heterocycles. The molecule has 0 saturated carbocycles. The first-order valence-corrected chi connectivity index (χ1v) is 12.2. The number of rotatable bonds is 9. The summed E-state index contributed by atoms with van der Waals surface area (Å²) in [6, 6.07) is 16.8. The van der Waals surface area contributed by atoms with Gasteiger partial charge >= 0.3 is 0 Å². The van der Waals surface area contributed by atoms with E-state index in [1.807, 2.05) is 12.2 Å². The van der Waals surface area contributed by atoms with Gasteiger partial charge in [0.15, 0.2) is 0 Å². The van der Waals surface area contributed by atoms with Crippen LogP contribution >= 0.6 is 22.2 Å². The topological polar surface area (TPSA) is 0 Å². The van der Waals surface area contributed by atoms with Crippen molar-refractivity contribution in [1.29, 1.82) is 0 Å². The van der Waals surface area contributed by atoms with Gasteiger partial charge in [0.1, 0.15) is 0 Å². The average molecular weight is 398 g/mol. The Hall–Kier alpha value is -1.80. The molecular weight excluding hydrogens is 375 g/mol. The molecule has 0 spiro atoms. The fourth-order valence-electron chi connectivity index (χ4n) is 2.49. The molecule has 1 radical (unpaired) electrons. The van der Waals surface area contributed by atoms with Crippen LogP contribution in [0.3, 0.4) is 0 Å². The zero-order chi connectivity index (χ0) is 18.8. The minimum atomic E-state index is -1.46. The Morgan fingerprint density at radius 1 is 0.731 bits per heavy atom. The summed E-state index contributed by atoms with van der Waals surface area (Å²) in [5.41, 5.74) is 4.88. The highest BCUT2D eigenvalue weighted by Crippen LogP contribution is 2.21. The van der Waals surface area contributed by atoms with Crippen molar-refractivity contribution in [3.8, 4) is 0 Å². The summed E-state index contributed by atoms with van der Waals surface area (Å²) in [5.74, 6) is 0. The number of hydrogen-bond donors (Lipinski definition) is 0. The lowest BCUT2D eigenvalue weighted by atomic mass is 10.1. The standard InChI is InChI=1S/C23H23Cl2Si/c1-3-19-11-15-21(16-12-19)7-5-9-23(26(24)25)10-6-8-22-17-13-20(4-2)14-18-22/h3-6,9-18,23H,1-2,7-8H2. The Morgan fingerprint density at radius 2 is 1.12 bits per heavy atom. The number of hydrogen-bond acceptors (Lipinski definition) is 0. The van der Waals surface area contributed by atoms with E-state index in [1.165, 1.54) is 11.1 Å². The zero-order valence-electron chi connectivity index (χ0n) is 14.7. The predicted molar refractivity (Wildman–Crippen MR) is 120 cm³/mol. The first kappa shape index (κ1) is 20.5. The third-order valence-corrected chi connectivity index (χ3v) is 6.48. The van der Waals surface area contributed by atoms with Crippen molar-refractivity contribution in [2.45, 2.75) is 18.4 Å². The highest BCUT2D eigenvalue weighted by molar-refractivity contribution is 7.34.